The third-order valence-corrected chi connectivity index (χ3v) is 10.5. The smallest absolute Gasteiger partial charge is 0.215 e. The predicted octanol–water partition coefficient (Wildman–Crippen LogP) is 4.00. The van der Waals surface area contributed by atoms with E-state index in [1.54, 1.807) is 12.1 Å². The fourth-order valence-corrected chi connectivity index (χ4v) is 8.38. The Bertz CT molecular complexity index is 1290. The molecule has 8 heteroatoms. The Kier molecular flexibility index (Phi) is 5.79. The molecule has 0 aromatic heterocycles. The van der Waals surface area contributed by atoms with Crippen LogP contribution in [0.4, 0.5) is 0 Å². The highest BCUT2D eigenvalue weighted by Crippen LogP contribution is 2.64. The zero-order valence-electron chi connectivity index (χ0n) is 20.4. The lowest BCUT2D eigenvalue weighted by molar-refractivity contribution is -0.128. The van der Waals surface area contributed by atoms with E-state index in [1.807, 2.05) is 44.2 Å². The second-order valence-electron chi connectivity index (χ2n) is 10.5. The summed E-state index contributed by atoms with van der Waals surface area (Å²) in [6, 6.07) is 12.9. The number of hydrogen-bond acceptors (Lipinski definition) is 6. The number of benzene rings is 2. The van der Waals surface area contributed by atoms with Gasteiger partial charge in [0.1, 0.15) is 12.4 Å². The van der Waals surface area contributed by atoms with E-state index in [0.717, 1.165) is 12.0 Å². The van der Waals surface area contributed by atoms with Crippen LogP contribution in [0.2, 0.25) is 0 Å². The van der Waals surface area contributed by atoms with Crippen molar-refractivity contribution in [3.05, 3.63) is 59.2 Å². The van der Waals surface area contributed by atoms with Crippen LogP contribution in [0.15, 0.2) is 42.5 Å². The predicted molar refractivity (Wildman–Crippen MR) is 131 cm³/mol. The Morgan fingerprint density at radius 1 is 1.06 bits per heavy atom. The van der Waals surface area contributed by atoms with Crippen molar-refractivity contribution in [3.8, 4) is 11.5 Å². The first-order valence-electron chi connectivity index (χ1n) is 12.0. The SMILES string of the molecule is COc1ccc2c(c1OCc1ccccc1)CN(S(=O)(=O)C[C@]13CC[C@H](CC1=O)C3(C)C)CC2=O. The highest BCUT2D eigenvalue weighted by atomic mass is 32.2. The summed E-state index contributed by atoms with van der Waals surface area (Å²) in [5.41, 5.74) is 0.620. The molecule has 2 aromatic rings. The Labute approximate surface area is 206 Å². The molecule has 5 rings (SSSR count). The van der Waals surface area contributed by atoms with Gasteiger partial charge in [-0.2, -0.15) is 4.31 Å². The molecule has 2 aliphatic carbocycles. The molecule has 2 aromatic carbocycles. The van der Waals surface area contributed by atoms with Gasteiger partial charge >= 0.3 is 0 Å². The molecule has 2 bridgehead atoms. The van der Waals surface area contributed by atoms with E-state index in [2.05, 4.69) is 0 Å². The molecule has 0 amide bonds. The summed E-state index contributed by atoms with van der Waals surface area (Å²) in [5.74, 6) is 0.529. The number of Topliss-reactive ketones (excluding diaryl/α,β-unsaturated/α-hetero) is 2. The van der Waals surface area contributed by atoms with Crippen LogP contribution in [0.1, 0.15) is 54.6 Å². The molecule has 0 unspecified atom stereocenters. The van der Waals surface area contributed by atoms with E-state index < -0.39 is 15.4 Å². The van der Waals surface area contributed by atoms with Gasteiger partial charge in [0, 0.05) is 29.5 Å². The van der Waals surface area contributed by atoms with Gasteiger partial charge in [-0.25, -0.2) is 8.42 Å². The number of nitrogens with zero attached hydrogens (tertiary/aromatic N) is 1. The Morgan fingerprint density at radius 2 is 1.80 bits per heavy atom. The maximum Gasteiger partial charge on any atom is 0.215 e. The maximum atomic E-state index is 13.7. The van der Waals surface area contributed by atoms with Crippen LogP contribution in [0, 0.1) is 16.7 Å². The van der Waals surface area contributed by atoms with Gasteiger partial charge < -0.3 is 9.47 Å². The number of ether oxygens (including phenoxy) is 2. The molecule has 186 valence electrons. The van der Waals surface area contributed by atoms with Gasteiger partial charge in [-0.1, -0.05) is 44.2 Å². The summed E-state index contributed by atoms with van der Waals surface area (Å²) in [7, 11) is -2.38. The Balaban J connectivity index is 1.46. The third-order valence-electron chi connectivity index (χ3n) is 8.59. The van der Waals surface area contributed by atoms with Crippen LogP contribution in [0.3, 0.4) is 0 Å². The number of sulfonamides is 1. The van der Waals surface area contributed by atoms with Crippen LogP contribution < -0.4 is 9.47 Å². The minimum atomic E-state index is -3.90. The van der Waals surface area contributed by atoms with Gasteiger partial charge in [0.15, 0.2) is 17.3 Å². The van der Waals surface area contributed by atoms with Gasteiger partial charge in [0.2, 0.25) is 10.0 Å². The van der Waals surface area contributed by atoms with Crippen LogP contribution in [0.25, 0.3) is 0 Å². The fraction of sp³-hybridized carbons (Fsp3) is 0.481. The minimum Gasteiger partial charge on any atom is -0.493 e. The monoisotopic (exact) mass is 497 g/mol. The number of carbonyl (C=O) groups excluding carboxylic acids is 2. The average Bonchev–Trinajstić information content (AvgIpc) is 3.17. The lowest BCUT2D eigenvalue weighted by atomic mass is 9.70. The molecule has 1 heterocycles. The number of rotatable bonds is 7. The van der Waals surface area contributed by atoms with Crippen LogP contribution in [-0.2, 0) is 28.0 Å². The van der Waals surface area contributed by atoms with E-state index in [1.165, 1.54) is 11.4 Å². The quantitative estimate of drug-likeness (QED) is 0.575. The molecule has 0 N–H and O–H groups in total. The van der Waals surface area contributed by atoms with Crippen molar-refractivity contribution < 1.29 is 27.5 Å². The summed E-state index contributed by atoms with van der Waals surface area (Å²) in [6.07, 6.45) is 1.89. The Hall–Kier alpha value is -2.71. The summed E-state index contributed by atoms with van der Waals surface area (Å²) in [4.78, 5) is 26.1. The molecule has 2 fully saturated rings. The molecular weight excluding hydrogens is 466 g/mol. The van der Waals surface area contributed by atoms with E-state index in [-0.39, 0.29) is 48.3 Å². The van der Waals surface area contributed by atoms with Gasteiger partial charge in [-0.15, -0.1) is 0 Å². The molecule has 3 aliphatic rings. The first-order valence-corrected chi connectivity index (χ1v) is 13.6. The molecule has 7 nitrogen and oxygen atoms in total. The van der Waals surface area contributed by atoms with Crippen molar-refractivity contribution in [2.45, 2.75) is 46.3 Å². The molecule has 1 aliphatic heterocycles. The number of methoxy groups -OCH3 is 1. The highest BCUT2D eigenvalue weighted by Gasteiger charge is 2.65. The molecule has 35 heavy (non-hydrogen) atoms. The van der Waals surface area contributed by atoms with E-state index >= 15 is 0 Å². The van der Waals surface area contributed by atoms with Gasteiger partial charge in [0.25, 0.3) is 0 Å². The second kappa shape index (κ2) is 8.45. The summed E-state index contributed by atoms with van der Waals surface area (Å²) in [5, 5.41) is 0. The molecule has 2 saturated carbocycles. The summed E-state index contributed by atoms with van der Waals surface area (Å²) >= 11 is 0. The molecular formula is C27H31NO6S. The summed E-state index contributed by atoms with van der Waals surface area (Å²) in [6.45, 7) is 4.04. The van der Waals surface area contributed by atoms with Crippen LogP contribution >= 0.6 is 0 Å². The molecule has 0 saturated heterocycles. The lowest BCUT2D eigenvalue weighted by Crippen LogP contribution is -2.48. The van der Waals surface area contributed by atoms with Gasteiger partial charge in [-0.05, 0) is 41.9 Å². The third kappa shape index (κ3) is 3.78. The topological polar surface area (TPSA) is 90.0 Å². The first kappa shape index (κ1) is 24.0. The van der Waals surface area contributed by atoms with Crippen molar-refractivity contribution >= 4 is 21.6 Å². The van der Waals surface area contributed by atoms with Crippen molar-refractivity contribution in [1.82, 2.24) is 4.31 Å². The van der Waals surface area contributed by atoms with Gasteiger partial charge in [0.05, 0.1) is 19.4 Å². The van der Waals surface area contributed by atoms with E-state index in [9.17, 15) is 18.0 Å². The average molecular weight is 498 g/mol. The molecule has 0 spiro atoms. The Morgan fingerprint density at radius 3 is 2.43 bits per heavy atom. The second-order valence-corrected chi connectivity index (χ2v) is 12.5. The number of fused-ring (bicyclic) bond motifs is 3. The fourth-order valence-electron chi connectivity index (χ4n) is 6.26. The van der Waals surface area contributed by atoms with Gasteiger partial charge in [-0.3, -0.25) is 9.59 Å². The zero-order valence-corrected chi connectivity index (χ0v) is 21.2. The van der Waals surface area contributed by atoms with Crippen molar-refractivity contribution in [2.75, 3.05) is 19.4 Å². The largest absolute Gasteiger partial charge is 0.493 e. The normalized spacial score (nSPS) is 25.5. The number of carbonyl (C=O) groups is 2. The van der Waals surface area contributed by atoms with Crippen molar-refractivity contribution in [2.24, 2.45) is 16.7 Å². The maximum absolute atomic E-state index is 13.7. The molecule has 0 radical (unpaired) electrons. The van der Waals surface area contributed by atoms with E-state index in [4.69, 9.17) is 9.47 Å². The summed E-state index contributed by atoms with van der Waals surface area (Å²) < 4.78 is 40.2. The zero-order chi connectivity index (χ0) is 25.0. The number of hydrogen-bond donors (Lipinski definition) is 0. The van der Waals surface area contributed by atoms with Crippen LogP contribution in [-0.4, -0.2) is 43.7 Å². The minimum absolute atomic E-state index is 0.00113. The standard InChI is InChI=1S/C27H31NO6S/c1-26(2)19-11-12-27(26,24(30)13-19)17-35(31,32)28-14-21-20(22(29)15-28)9-10-23(33-3)25(21)34-16-18-7-5-4-6-8-18/h4-10,19H,11-17H2,1-3H3/t19-,27-/m1/s1. The first-order chi connectivity index (χ1) is 16.6. The van der Waals surface area contributed by atoms with E-state index in [0.29, 0.717) is 35.5 Å². The highest BCUT2D eigenvalue weighted by molar-refractivity contribution is 7.89. The lowest BCUT2D eigenvalue weighted by Gasteiger charge is -2.38. The molecule has 2 atom stereocenters. The van der Waals surface area contributed by atoms with Crippen molar-refractivity contribution in [3.63, 3.8) is 0 Å². The van der Waals surface area contributed by atoms with Crippen molar-refractivity contribution in [1.29, 1.82) is 0 Å². The number of ketones is 2. The van der Waals surface area contributed by atoms with Crippen LogP contribution in [0.5, 0.6) is 11.5 Å².